The first-order valence-corrected chi connectivity index (χ1v) is 11.2. The third-order valence-corrected chi connectivity index (χ3v) is 6.30. The van der Waals surface area contributed by atoms with Crippen LogP contribution in [0.15, 0.2) is 30.3 Å². The SMILES string of the molecule is C[N+](CCOC1CCCCC1=O)(CCOC1CCCCC1=O)Cc1ccccc1. The summed E-state index contributed by atoms with van der Waals surface area (Å²) in [6.07, 6.45) is 6.74. The molecule has 2 aliphatic carbocycles. The van der Waals surface area contributed by atoms with Gasteiger partial charge in [0.15, 0.2) is 11.6 Å². The van der Waals surface area contributed by atoms with E-state index >= 15 is 0 Å². The Bertz CT molecular complexity index is 626. The fourth-order valence-corrected chi connectivity index (χ4v) is 4.38. The maximum atomic E-state index is 12.0. The summed E-state index contributed by atoms with van der Waals surface area (Å²) < 4.78 is 12.7. The summed E-state index contributed by atoms with van der Waals surface area (Å²) in [5.74, 6) is 0.514. The Labute approximate surface area is 175 Å². The van der Waals surface area contributed by atoms with Gasteiger partial charge in [0.2, 0.25) is 0 Å². The minimum absolute atomic E-state index is 0.218. The van der Waals surface area contributed by atoms with Crippen molar-refractivity contribution in [1.82, 2.24) is 0 Å². The van der Waals surface area contributed by atoms with Gasteiger partial charge in [0.05, 0.1) is 20.3 Å². The van der Waals surface area contributed by atoms with E-state index in [4.69, 9.17) is 9.47 Å². The molecular weight excluding hydrogens is 366 g/mol. The lowest BCUT2D eigenvalue weighted by Crippen LogP contribution is -2.49. The molecule has 2 saturated carbocycles. The first kappa shape index (κ1) is 22.1. The van der Waals surface area contributed by atoms with Crippen LogP contribution in [0.3, 0.4) is 0 Å². The van der Waals surface area contributed by atoms with E-state index in [1.54, 1.807) is 0 Å². The number of benzene rings is 1. The highest BCUT2D eigenvalue weighted by Crippen LogP contribution is 2.20. The number of hydrogen-bond acceptors (Lipinski definition) is 4. The van der Waals surface area contributed by atoms with Gasteiger partial charge in [-0.25, -0.2) is 0 Å². The lowest BCUT2D eigenvalue weighted by atomic mass is 9.96. The predicted molar refractivity (Wildman–Crippen MR) is 112 cm³/mol. The maximum Gasteiger partial charge on any atom is 0.161 e. The van der Waals surface area contributed by atoms with Gasteiger partial charge >= 0.3 is 0 Å². The molecule has 0 heterocycles. The van der Waals surface area contributed by atoms with Crippen LogP contribution in [0.25, 0.3) is 0 Å². The van der Waals surface area contributed by atoms with Crippen molar-refractivity contribution in [2.24, 2.45) is 0 Å². The molecule has 29 heavy (non-hydrogen) atoms. The van der Waals surface area contributed by atoms with Crippen LogP contribution in [0.4, 0.5) is 0 Å². The summed E-state index contributed by atoms with van der Waals surface area (Å²) in [6, 6.07) is 10.5. The van der Waals surface area contributed by atoms with Crippen molar-refractivity contribution in [3.63, 3.8) is 0 Å². The van der Waals surface area contributed by atoms with Gasteiger partial charge in [-0.05, 0) is 38.5 Å². The van der Waals surface area contributed by atoms with Crippen molar-refractivity contribution in [2.75, 3.05) is 33.4 Å². The van der Waals surface area contributed by atoms with Crippen LogP contribution in [0, 0.1) is 0 Å². The zero-order chi connectivity index (χ0) is 20.5. The van der Waals surface area contributed by atoms with Crippen LogP contribution < -0.4 is 0 Å². The van der Waals surface area contributed by atoms with E-state index in [-0.39, 0.29) is 23.8 Å². The first-order chi connectivity index (χ1) is 14.1. The molecule has 2 fully saturated rings. The van der Waals surface area contributed by atoms with E-state index < -0.39 is 0 Å². The van der Waals surface area contributed by atoms with Crippen LogP contribution in [0.2, 0.25) is 0 Å². The largest absolute Gasteiger partial charge is 0.365 e. The number of ether oxygens (including phenoxy) is 2. The minimum atomic E-state index is -0.218. The van der Waals surface area contributed by atoms with E-state index in [0.717, 1.165) is 62.6 Å². The molecule has 0 amide bonds. The third kappa shape index (κ3) is 7.02. The molecule has 0 radical (unpaired) electrons. The Hall–Kier alpha value is -1.56. The molecule has 0 bridgehead atoms. The van der Waals surface area contributed by atoms with Gasteiger partial charge in [-0.15, -0.1) is 0 Å². The number of rotatable bonds is 10. The van der Waals surface area contributed by atoms with Crippen LogP contribution >= 0.6 is 0 Å². The molecule has 1 aromatic rings. The molecule has 0 aliphatic heterocycles. The highest BCUT2D eigenvalue weighted by atomic mass is 16.5. The van der Waals surface area contributed by atoms with E-state index in [1.165, 1.54) is 5.56 Å². The maximum absolute atomic E-state index is 12.0. The van der Waals surface area contributed by atoms with Gasteiger partial charge in [0.25, 0.3) is 0 Å². The average molecular weight is 403 g/mol. The normalized spacial score (nSPS) is 25.0. The van der Waals surface area contributed by atoms with Crippen molar-refractivity contribution in [3.8, 4) is 0 Å². The van der Waals surface area contributed by atoms with E-state index in [1.807, 2.05) is 6.07 Å². The van der Waals surface area contributed by atoms with E-state index in [2.05, 4.69) is 31.3 Å². The minimum Gasteiger partial charge on any atom is -0.365 e. The second-order valence-electron chi connectivity index (χ2n) is 8.85. The standard InChI is InChI=1S/C24H36NO4/c1-25(19-20-9-3-2-4-10-20,15-17-28-23-13-7-5-11-21(23)26)16-18-29-24-14-8-6-12-22(24)27/h2-4,9-10,23-24H,5-8,11-19H2,1H3/q+1. The first-order valence-electron chi connectivity index (χ1n) is 11.2. The lowest BCUT2D eigenvalue weighted by Gasteiger charge is -2.36. The number of Topliss-reactive ketones (excluding diaryl/α,β-unsaturated/α-hetero) is 2. The number of hydrogen-bond donors (Lipinski definition) is 0. The number of nitrogens with zero attached hydrogens (tertiary/aromatic N) is 1. The molecule has 0 spiro atoms. The highest BCUT2D eigenvalue weighted by molar-refractivity contribution is 5.84. The summed E-state index contributed by atoms with van der Waals surface area (Å²) >= 11 is 0. The van der Waals surface area contributed by atoms with Crippen molar-refractivity contribution in [2.45, 2.75) is 70.1 Å². The van der Waals surface area contributed by atoms with Crippen LogP contribution in [0.1, 0.15) is 56.9 Å². The fourth-order valence-electron chi connectivity index (χ4n) is 4.38. The highest BCUT2D eigenvalue weighted by Gasteiger charge is 2.28. The average Bonchev–Trinajstić information content (AvgIpc) is 2.72. The van der Waals surface area contributed by atoms with Crippen LogP contribution in [-0.2, 0) is 25.6 Å². The number of carbonyl (C=O) groups excluding carboxylic acids is 2. The van der Waals surface area contributed by atoms with E-state index in [0.29, 0.717) is 26.1 Å². The fraction of sp³-hybridized carbons (Fsp3) is 0.667. The topological polar surface area (TPSA) is 52.6 Å². The van der Waals surface area contributed by atoms with Crippen molar-refractivity contribution in [1.29, 1.82) is 0 Å². The molecule has 160 valence electrons. The number of carbonyl (C=O) groups is 2. The summed E-state index contributed by atoms with van der Waals surface area (Å²) in [7, 11) is 2.21. The molecule has 0 aromatic heterocycles. The number of likely N-dealkylation sites (N-methyl/N-ethyl adjacent to an activating group) is 1. The molecule has 2 atom stereocenters. The van der Waals surface area contributed by atoms with Crippen molar-refractivity contribution < 1.29 is 23.5 Å². The second-order valence-corrected chi connectivity index (χ2v) is 8.85. The summed E-state index contributed by atoms with van der Waals surface area (Å²) in [4.78, 5) is 24.1. The Morgan fingerprint density at radius 1 is 0.828 bits per heavy atom. The molecule has 2 aliphatic rings. The molecule has 1 aromatic carbocycles. The van der Waals surface area contributed by atoms with Gasteiger partial charge in [-0.1, -0.05) is 30.3 Å². The Morgan fingerprint density at radius 3 is 1.83 bits per heavy atom. The Kier molecular flexibility index (Phi) is 8.40. The third-order valence-electron chi connectivity index (χ3n) is 6.30. The molecular formula is C24H36NO4+. The number of ketones is 2. The molecule has 3 rings (SSSR count). The second kappa shape index (κ2) is 11.0. The van der Waals surface area contributed by atoms with Gasteiger partial charge in [0.1, 0.15) is 31.8 Å². The number of quaternary nitrogens is 1. The summed E-state index contributed by atoms with van der Waals surface area (Å²) in [5.41, 5.74) is 1.28. The van der Waals surface area contributed by atoms with Crippen LogP contribution in [-0.4, -0.2) is 61.6 Å². The van der Waals surface area contributed by atoms with Gasteiger partial charge in [0, 0.05) is 18.4 Å². The summed E-state index contributed by atoms with van der Waals surface area (Å²) in [6.45, 7) is 3.66. The van der Waals surface area contributed by atoms with Crippen molar-refractivity contribution >= 4 is 11.6 Å². The monoisotopic (exact) mass is 402 g/mol. The van der Waals surface area contributed by atoms with Gasteiger partial charge in [-0.2, -0.15) is 0 Å². The van der Waals surface area contributed by atoms with E-state index in [9.17, 15) is 9.59 Å². The zero-order valence-corrected chi connectivity index (χ0v) is 17.8. The smallest absolute Gasteiger partial charge is 0.161 e. The molecule has 0 N–H and O–H groups in total. The van der Waals surface area contributed by atoms with Crippen LogP contribution in [0.5, 0.6) is 0 Å². The molecule has 5 heteroatoms. The Balaban J connectivity index is 1.53. The van der Waals surface area contributed by atoms with Gasteiger partial charge < -0.3 is 14.0 Å². The quantitative estimate of drug-likeness (QED) is 0.560. The molecule has 5 nitrogen and oxygen atoms in total. The Morgan fingerprint density at radius 2 is 1.34 bits per heavy atom. The summed E-state index contributed by atoms with van der Waals surface area (Å²) in [5, 5.41) is 0. The van der Waals surface area contributed by atoms with Gasteiger partial charge in [-0.3, -0.25) is 9.59 Å². The van der Waals surface area contributed by atoms with Crippen molar-refractivity contribution in [3.05, 3.63) is 35.9 Å². The predicted octanol–water partition coefficient (Wildman–Crippen LogP) is 3.69. The lowest BCUT2D eigenvalue weighted by molar-refractivity contribution is -0.923. The molecule has 2 unspecified atom stereocenters. The molecule has 0 saturated heterocycles. The zero-order valence-electron chi connectivity index (χ0n) is 17.8.